The minimum Gasteiger partial charge on any atom is -0.490 e. The number of nitrogens with zero attached hydrogens (tertiary/aromatic N) is 3. The van der Waals surface area contributed by atoms with Gasteiger partial charge >= 0.3 is 0 Å². The van der Waals surface area contributed by atoms with E-state index in [0.717, 1.165) is 5.69 Å². The molecular weight excluding hydrogens is 226 g/mol. The van der Waals surface area contributed by atoms with E-state index in [0.29, 0.717) is 23.9 Å². The van der Waals surface area contributed by atoms with Gasteiger partial charge in [0.25, 0.3) is 0 Å². The summed E-state index contributed by atoms with van der Waals surface area (Å²) in [6.45, 7) is 0.580. The van der Waals surface area contributed by atoms with Crippen LogP contribution in [0.25, 0.3) is 0 Å². The van der Waals surface area contributed by atoms with Crippen molar-refractivity contribution in [2.75, 3.05) is 18.2 Å². The fourth-order valence-corrected chi connectivity index (χ4v) is 1.77. The number of nitrogens with two attached hydrogens (primary N) is 1. The predicted octanol–water partition coefficient (Wildman–Crippen LogP) is 1.14. The molecule has 2 aromatic rings. The van der Waals surface area contributed by atoms with Crippen molar-refractivity contribution in [2.45, 2.75) is 6.54 Å². The zero-order valence-corrected chi connectivity index (χ0v) is 9.49. The zero-order chi connectivity index (χ0) is 11.4. The van der Waals surface area contributed by atoms with E-state index in [-0.39, 0.29) is 0 Å². The molecule has 0 unspecified atom stereocenters. The third-order valence-electron chi connectivity index (χ3n) is 1.96. The van der Waals surface area contributed by atoms with Gasteiger partial charge in [0.15, 0.2) is 11.6 Å². The van der Waals surface area contributed by atoms with Gasteiger partial charge in [0.1, 0.15) is 6.33 Å². The zero-order valence-electron chi connectivity index (χ0n) is 8.67. The molecule has 0 aliphatic carbocycles. The number of ether oxygens (including phenoxy) is 1. The van der Waals surface area contributed by atoms with Crippen LogP contribution < -0.4 is 15.8 Å². The van der Waals surface area contributed by atoms with Crippen LogP contribution in [0.15, 0.2) is 17.2 Å². The number of rotatable bonds is 4. The number of aromatic nitrogens is 3. The Kier molecular flexibility index (Phi) is 3.16. The first kappa shape index (κ1) is 10.6. The first-order valence-corrected chi connectivity index (χ1v) is 5.51. The van der Waals surface area contributed by atoms with Crippen LogP contribution in [0.3, 0.4) is 0 Å². The van der Waals surface area contributed by atoms with Crippen molar-refractivity contribution in [3.05, 3.63) is 22.9 Å². The summed E-state index contributed by atoms with van der Waals surface area (Å²) in [6, 6.07) is 0. The summed E-state index contributed by atoms with van der Waals surface area (Å²) in [5.74, 6) is 1.35. The lowest BCUT2D eigenvalue weighted by Crippen LogP contribution is -2.06. The Morgan fingerprint density at radius 1 is 1.44 bits per heavy atom. The Bertz CT molecular complexity index is 459. The Morgan fingerprint density at radius 2 is 2.31 bits per heavy atom. The van der Waals surface area contributed by atoms with Crippen LogP contribution in [0, 0.1) is 0 Å². The molecule has 0 aromatic carbocycles. The van der Waals surface area contributed by atoms with Crippen molar-refractivity contribution in [2.24, 2.45) is 0 Å². The standard InChI is InChI=1S/C9H11N5OS/c1-15-7-8(10)12-4-13-9(7)11-2-6-3-16-5-14-6/h3-5H,2H2,1H3,(H3,10,11,12,13). The quantitative estimate of drug-likeness (QED) is 0.829. The molecule has 2 heterocycles. The fraction of sp³-hybridized carbons (Fsp3) is 0.222. The topological polar surface area (TPSA) is 86.0 Å². The number of hydrogen-bond donors (Lipinski definition) is 2. The van der Waals surface area contributed by atoms with Crippen molar-refractivity contribution in [1.29, 1.82) is 0 Å². The molecule has 0 amide bonds. The Balaban J connectivity index is 2.12. The average Bonchev–Trinajstić information content (AvgIpc) is 2.79. The van der Waals surface area contributed by atoms with Crippen LogP contribution in [-0.2, 0) is 6.54 Å². The van der Waals surface area contributed by atoms with Crippen molar-refractivity contribution in [3.63, 3.8) is 0 Å². The van der Waals surface area contributed by atoms with Crippen molar-refractivity contribution in [3.8, 4) is 5.75 Å². The Hall–Kier alpha value is -1.89. The molecule has 0 aliphatic rings. The number of thiazole rings is 1. The third-order valence-corrected chi connectivity index (χ3v) is 2.59. The normalized spacial score (nSPS) is 10.1. The summed E-state index contributed by atoms with van der Waals surface area (Å²) in [6.07, 6.45) is 1.39. The molecule has 3 N–H and O–H groups in total. The molecule has 0 saturated carbocycles. The van der Waals surface area contributed by atoms with Crippen LogP contribution in [0.2, 0.25) is 0 Å². The largest absolute Gasteiger partial charge is 0.490 e. The molecule has 6 nitrogen and oxygen atoms in total. The SMILES string of the molecule is COc1c(N)ncnc1NCc1cscn1. The van der Waals surface area contributed by atoms with Gasteiger partial charge in [0.05, 0.1) is 24.9 Å². The van der Waals surface area contributed by atoms with Crippen molar-refractivity contribution < 1.29 is 4.74 Å². The van der Waals surface area contributed by atoms with Crippen LogP contribution >= 0.6 is 11.3 Å². The summed E-state index contributed by atoms with van der Waals surface area (Å²) in [5, 5.41) is 5.06. The number of nitrogens with one attached hydrogen (secondary N) is 1. The molecule has 2 rings (SSSR count). The summed E-state index contributed by atoms with van der Waals surface area (Å²) >= 11 is 1.55. The van der Waals surface area contributed by atoms with E-state index in [1.54, 1.807) is 16.8 Å². The molecule has 0 spiro atoms. The van der Waals surface area contributed by atoms with Gasteiger partial charge in [-0.2, -0.15) is 0 Å². The number of anilines is 2. The number of nitrogen functional groups attached to an aromatic ring is 1. The van der Waals surface area contributed by atoms with E-state index < -0.39 is 0 Å². The maximum Gasteiger partial charge on any atom is 0.203 e. The first-order valence-electron chi connectivity index (χ1n) is 4.56. The van der Waals surface area contributed by atoms with E-state index in [9.17, 15) is 0 Å². The highest BCUT2D eigenvalue weighted by Crippen LogP contribution is 2.26. The predicted molar refractivity (Wildman–Crippen MR) is 62.4 cm³/mol. The van der Waals surface area contributed by atoms with E-state index in [1.807, 2.05) is 5.38 Å². The second kappa shape index (κ2) is 4.75. The number of hydrogen-bond acceptors (Lipinski definition) is 7. The minimum absolute atomic E-state index is 0.318. The average molecular weight is 237 g/mol. The van der Waals surface area contributed by atoms with E-state index in [1.165, 1.54) is 13.4 Å². The van der Waals surface area contributed by atoms with Crippen molar-refractivity contribution >= 4 is 23.0 Å². The monoisotopic (exact) mass is 237 g/mol. The molecule has 7 heteroatoms. The molecule has 16 heavy (non-hydrogen) atoms. The molecule has 0 atom stereocenters. The van der Waals surface area contributed by atoms with Gasteiger partial charge in [-0.15, -0.1) is 11.3 Å². The number of methoxy groups -OCH3 is 1. The molecule has 0 radical (unpaired) electrons. The lowest BCUT2D eigenvalue weighted by molar-refractivity contribution is 0.415. The summed E-state index contributed by atoms with van der Waals surface area (Å²) in [5.41, 5.74) is 8.38. The van der Waals surface area contributed by atoms with Gasteiger partial charge in [0, 0.05) is 5.38 Å². The second-order valence-electron chi connectivity index (χ2n) is 2.97. The maximum absolute atomic E-state index is 5.65. The third kappa shape index (κ3) is 2.19. The highest BCUT2D eigenvalue weighted by Gasteiger charge is 2.08. The highest BCUT2D eigenvalue weighted by atomic mass is 32.1. The smallest absolute Gasteiger partial charge is 0.203 e. The summed E-state index contributed by atoms with van der Waals surface area (Å²) in [7, 11) is 1.53. The van der Waals surface area contributed by atoms with Gasteiger partial charge in [-0.05, 0) is 0 Å². The lowest BCUT2D eigenvalue weighted by Gasteiger charge is -2.09. The molecule has 2 aromatic heterocycles. The highest BCUT2D eigenvalue weighted by molar-refractivity contribution is 7.07. The van der Waals surface area contributed by atoms with E-state index in [2.05, 4.69) is 20.3 Å². The summed E-state index contributed by atoms with van der Waals surface area (Å²) in [4.78, 5) is 12.1. The van der Waals surface area contributed by atoms with Crippen LogP contribution in [-0.4, -0.2) is 22.1 Å². The van der Waals surface area contributed by atoms with Crippen LogP contribution in [0.4, 0.5) is 11.6 Å². The van der Waals surface area contributed by atoms with Gasteiger partial charge in [-0.25, -0.2) is 15.0 Å². The molecule has 0 saturated heterocycles. The van der Waals surface area contributed by atoms with E-state index in [4.69, 9.17) is 10.5 Å². The molecule has 0 fully saturated rings. The molecule has 0 bridgehead atoms. The Labute approximate surface area is 96.5 Å². The second-order valence-corrected chi connectivity index (χ2v) is 3.69. The van der Waals surface area contributed by atoms with E-state index >= 15 is 0 Å². The summed E-state index contributed by atoms with van der Waals surface area (Å²) < 4.78 is 5.12. The van der Waals surface area contributed by atoms with Crippen molar-refractivity contribution in [1.82, 2.24) is 15.0 Å². The lowest BCUT2D eigenvalue weighted by atomic mass is 10.4. The van der Waals surface area contributed by atoms with Gasteiger partial charge < -0.3 is 15.8 Å². The molecule has 84 valence electrons. The Morgan fingerprint density at radius 3 is 3.00 bits per heavy atom. The molecule has 0 aliphatic heterocycles. The fourth-order valence-electron chi connectivity index (χ4n) is 1.21. The van der Waals surface area contributed by atoms with Crippen LogP contribution in [0.1, 0.15) is 5.69 Å². The van der Waals surface area contributed by atoms with Gasteiger partial charge in [-0.3, -0.25) is 0 Å². The first-order chi connectivity index (χ1) is 7.81. The van der Waals surface area contributed by atoms with Gasteiger partial charge in [0.2, 0.25) is 5.75 Å². The maximum atomic E-state index is 5.65. The molecular formula is C9H11N5OS. The van der Waals surface area contributed by atoms with Gasteiger partial charge in [-0.1, -0.05) is 0 Å². The van der Waals surface area contributed by atoms with Crippen LogP contribution in [0.5, 0.6) is 5.75 Å². The minimum atomic E-state index is 0.318.